The van der Waals surface area contributed by atoms with Crippen LogP contribution in [0.3, 0.4) is 0 Å². The van der Waals surface area contributed by atoms with E-state index in [1.165, 1.54) is 30.4 Å². The fourth-order valence-corrected chi connectivity index (χ4v) is 4.78. The van der Waals surface area contributed by atoms with Crippen molar-refractivity contribution >= 4 is 11.9 Å². The third-order valence-corrected chi connectivity index (χ3v) is 6.51. The number of fused-ring (bicyclic) bond motifs is 1. The third kappa shape index (κ3) is 4.28. The standard InChI is InChI=1S/C22H31N3O2/c26-21(25-15-10-17-6-4-5-7-19(17)16-25)18-11-13-24(14-12-18)22(27)23-20-8-2-1-3-9-20/h4-7,18,20H,1-3,8-16H2,(H,23,27). The molecule has 1 N–H and O–H groups in total. The Bertz CT molecular complexity index is 676. The van der Waals surface area contributed by atoms with Crippen molar-refractivity contribution in [1.29, 1.82) is 0 Å². The molecule has 1 aromatic rings. The van der Waals surface area contributed by atoms with Crippen LogP contribution >= 0.6 is 0 Å². The van der Waals surface area contributed by atoms with Crippen LogP contribution in [-0.4, -0.2) is 47.4 Å². The van der Waals surface area contributed by atoms with Crippen LogP contribution < -0.4 is 5.32 Å². The summed E-state index contributed by atoms with van der Waals surface area (Å²) in [6.07, 6.45) is 8.48. The van der Waals surface area contributed by atoms with Crippen molar-refractivity contribution in [3.05, 3.63) is 35.4 Å². The first-order valence-electron chi connectivity index (χ1n) is 10.6. The molecule has 0 radical (unpaired) electrons. The average molecular weight is 370 g/mol. The summed E-state index contributed by atoms with van der Waals surface area (Å²) >= 11 is 0. The van der Waals surface area contributed by atoms with Crippen LogP contribution in [0.15, 0.2) is 24.3 Å². The Balaban J connectivity index is 1.26. The molecule has 1 aromatic carbocycles. The molecule has 27 heavy (non-hydrogen) atoms. The van der Waals surface area contributed by atoms with Gasteiger partial charge in [-0.3, -0.25) is 4.79 Å². The largest absolute Gasteiger partial charge is 0.338 e. The van der Waals surface area contributed by atoms with Gasteiger partial charge in [0.05, 0.1) is 0 Å². The first-order chi connectivity index (χ1) is 13.2. The van der Waals surface area contributed by atoms with Gasteiger partial charge in [0.2, 0.25) is 5.91 Å². The molecule has 3 amide bonds. The SMILES string of the molecule is O=C(NC1CCCCC1)N1CCC(C(=O)N2CCc3ccccc3C2)CC1. The van der Waals surface area contributed by atoms with Gasteiger partial charge in [-0.15, -0.1) is 0 Å². The number of hydrogen-bond donors (Lipinski definition) is 1. The Morgan fingerprint density at radius 1 is 0.852 bits per heavy atom. The van der Waals surface area contributed by atoms with Crippen molar-refractivity contribution in [3.63, 3.8) is 0 Å². The number of carbonyl (C=O) groups is 2. The van der Waals surface area contributed by atoms with Crippen molar-refractivity contribution in [3.8, 4) is 0 Å². The lowest BCUT2D eigenvalue weighted by Crippen LogP contribution is -2.50. The maximum absolute atomic E-state index is 13.0. The molecule has 146 valence electrons. The summed E-state index contributed by atoms with van der Waals surface area (Å²) in [4.78, 5) is 29.4. The minimum atomic E-state index is 0.0639. The lowest BCUT2D eigenvalue weighted by molar-refractivity contribution is -0.137. The van der Waals surface area contributed by atoms with Crippen LogP contribution in [0.2, 0.25) is 0 Å². The predicted octanol–water partition coefficient (Wildman–Crippen LogP) is 3.33. The maximum Gasteiger partial charge on any atom is 0.317 e. The topological polar surface area (TPSA) is 52.7 Å². The van der Waals surface area contributed by atoms with Gasteiger partial charge in [-0.1, -0.05) is 43.5 Å². The highest BCUT2D eigenvalue weighted by Gasteiger charge is 2.32. The second-order valence-corrected chi connectivity index (χ2v) is 8.32. The number of nitrogens with one attached hydrogen (secondary N) is 1. The van der Waals surface area contributed by atoms with Crippen molar-refractivity contribution in [2.24, 2.45) is 5.92 Å². The van der Waals surface area contributed by atoms with E-state index in [-0.39, 0.29) is 17.9 Å². The number of rotatable bonds is 2. The summed E-state index contributed by atoms with van der Waals surface area (Å²) in [6, 6.07) is 8.84. The number of nitrogens with zero attached hydrogens (tertiary/aromatic N) is 2. The fraction of sp³-hybridized carbons (Fsp3) is 0.636. The molecule has 0 atom stereocenters. The zero-order valence-electron chi connectivity index (χ0n) is 16.2. The molecule has 0 bridgehead atoms. The molecule has 1 aliphatic carbocycles. The van der Waals surface area contributed by atoms with Crippen LogP contribution in [0, 0.1) is 5.92 Å². The Labute approximate surface area is 162 Å². The van der Waals surface area contributed by atoms with Crippen LogP contribution in [0.25, 0.3) is 0 Å². The van der Waals surface area contributed by atoms with Gasteiger partial charge in [-0.2, -0.15) is 0 Å². The molecule has 0 unspecified atom stereocenters. The van der Waals surface area contributed by atoms with Gasteiger partial charge in [-0.05, 0) is 43.2 Å². The van der Waals surface area contributed by atoms with Gasteiger partial charge in [0.1, 0.15) is 0 Å². The van der Waals surface area contributed by atoms with Crippen LogP contribution in [0.4, 0.5) is 4.79 Å². The van der Waals surface area contributed by atoms with E-state index in [1.807, 2.05) is 9.80 Å². The van der Waals surface area contributed by atoms with Crippen molar-refractivity contribution in [2.45, 2.75) is 64.0 Å². The Morgan fingerprint density at radius 2 is 1.56 bits per heavy atom. The first kappa shape index (κ1) is 18.3. The summed E-state index contributed by atoms with van der Waals surface area (Å²) in [5, 5.41) is 3.20. The molecule has 1 saturated carbocycles. The summed E-state index contributed by atoms with van der Waals surface area (Å²) in [5.41, 5.74) is 2.65. The quantitative estimate of drug-likeness (QED) is 0.869. The van der Waals surface area contributed by atoms with E-state index in [4.69, 9.17) is 0 Å². The lowest BCUT2D eigenvalue weighted by Gasteiger charge is -2.36. The smallest absolute Gasteiger partial charge is 0.317 e. The van der Waals surface area contributed by atoms with E-state index in [0.717, 1.165) is 45.2 Å². The van der Waals surface area contributed by atoms with Gasteiger partial charge in [0.25, 0.3) is 0 Å². The van der Waals surface area contributed by atoms with Crippen LogP contribution in [-0.2, 0) is 17.8 Å². The second kappa shape index (κ2) is 8.32. The monoisotopic (exact) mass is 369 g/mol. The molecule has 3 aliphatic rings. The van der Waals surface area contributed by atoms with E-state index in [1.54, 1.807) is 0 Å². The normalized spacial score (nSPS) is 21.6. The molecule has 2 fully saturated rings. The highest BCUT2D eigenvalue weighted by molar-refractivity contribution is 5.80. The fourth-order valence-electron chi connectivity index (χ4n) is 4.78. The minimum Gasteiger partial charge on any atom is -0.338 e. The first-order valence-corrected chi connectivity index (χ1v) is 10.6. The molecule has 0 aromatic heterocycles. The number of amides is 3. The lowest BCUT2D eigenvalue weighted by atomic mass is 9.93. The van der Waals surface area contributed by atoms with Crippen LogP contribution in [0.1, 0.15) is 56.1 Å². The number of carbonyl (C=O) groups excluding carboxylic acids is 2. The summed E-state index contributed by atoms with van der Waals surface area (Å²) in [6.45, 7) is 2.94. The van der Waals surface area contributed by atoms with E-state index in [0.29, 0.717) is 19.1 Å². The minimum absolute atomic E-state index is 0.0639. The highest BCUT2D eigenvalue weighted by atomic mass is 16.2. The highest BCUT2D eigenvalue weighted by Crippen LogP contribution is 2.25. The second-order valence-electron chi connectivity index (χ2n) is 8.32. The molecule has 1 saturated heterocycles. The number of hydrogen-bond acceptors (Lipinski definition) is 2. The van der Waals surface area contributed by atoms with Gasteiger partial charge in [-0.25, -0.2) is 4.79 Å². The van der Waals surface area contributed by atoms with Crippen molar-refractivity contribution < 1.29 is 9.59 Å². The number of piperidine rings is 1. The molecular formula is C22H31N3O2. The maximum atomic E-state index is 13.0. The molecule has 2 heterocycles. The number of likely N-dealkylation sites (tertiary alicyclic amines) is 1. The Kier molecular flexibility index (Phi) is 5.65. The van der Waals surface area contributed by atoms with E-state index >= 15 is 0 Å². The summed E-state index contributed by atoms with van der Waals surface area (Å²) in [5.74, 6) is 0.339. The summed E-state index contributed by atoms with van der Waals surface area (Å²) < 4.78 is 0. The molecule has 0 spiro atoms. The van der Waals surface area contributed by atoms with E-state index in [9.17, 15) is 9.59 Å². The van der Waals surface area contributed by atoms with Gasteiger partial charge >= 0.3 is 6.03 Å². The van der Waals surface area contributed by atoms with Gasteiger partial charge < -0.3 is 15.1 Å². The van der Waals surface area contributed by atoms with Crippen molar-refractivity contribution in [2.75, 3.05) is 19.6 Å². The predicted molar refractivity (Wildman–Crippen MR) is 105 cm³/mol. The Morgan fingerprint density at radius 3 is 2.30 bits per heavy atom. The van der Waals surface area contributed by atoms with E-state index < -0.39 is 0 Å². The Hall–Kier alpha value is -2.04. The molecule has 5 nitrogen and oxygen atoms in total. The molecule has 2 aliphatic heterocycles. The average Bonchev–Trinajstić information content (AvgIpc) is 2.73. The molecule has 4 rings (SSSR count). The van der Waals surface area contributed by atoms with Crippen molar-refractivity contribution in [1.82, 2.24) is 15.1 Å². The van der Waals surface area contributed by atoms with Gasteiger partial charge in [0, 0.05) is 38.1 Å². The van der Waals surface area contributed by atoms with Gasteiger partial charge in [0.15, 0.2) is 0 Å². The summed E-state index contributed by atoms with van der Waals surface area (Å²) in [7, 11) is 0. The molecular weight excluding hydrogens is 338 g/mol. The third-order valence-electron chi connectivity index (χ3n) is 6.51. The van der Waals surface area contributed by atoms with Crippen LogP contribution in [0.5, 0.6) is 0 Å². The zero-order chi connectivity index (χ0) is 18.6. The van der Waals surface area contributed by atoms with E-state index in [2.05, 4.69) is 29.6 Å². The zero-order valence-corrected chi connectivity index (χ0v) is 16.2. The number of urea groups is 1. The molecule has 5 heteroatoms. The number of benzene rings is 1.